The Morgan fingerprint density at radius 3 is 2.67 bits per heavy atom. The molecule has 24 heavy (non-hydrogen) atoms. The number of halogens is 2. The Labute approximate surface area is 147 Å². The highest BCUT2D eigenvalue weighted by Crippen LogP contribution is 2.37. The lowest BCUT2D eigenvalue weighted by atomic mass is 10.0. The number of nitrogens with zero attached hydrogens (tertiary/aromatic N) is 3. The maximum absolute atomic E-state index is 12.1. The summed E-state index contributed by atoms with van der Waals surface area (Å²) in [6.45, 7) is 0. The van der Waals surface area contributed by atoms with Crippen LogP contribution in [0.2, 0.25) is 10.0 Å². The van der Waals surface area contributed by atoms with Gasteiger partial charge in [-0.3, -0.25) is 9.36 Å². The summed E-state index contributed by atoms with van der Waals surface area (Å²) in [5, 5.41) is 8.65. The fourth-order valence-corrected chi connectivity index (χ4v) is 3.26. The SMILES string of the molecule is O=c1cnnc2n1-c1ccc(Oc3c(Cl)cccc3Cl)cc1CC2. The predicted octanol–water partition coefficient (Wildman–Crippen LogP) is 3.83. The molecule has 0 unspecified atom stereocenters. The molecule has 2 heterocycles. The fraction of sp³-hybridized carbons (Fsp3) is 0.118. The van der Waals surface area contributed by atoms with Crippen molar-refractivity contribution in [1.29, 1.82) is 0 Å². The molecule has 5 nitrogen and oxygen atoms in total. The van der Waals surface area contributed by atoms with Gasteiger partial charge in [-0.2, -0.15) is 5.10 Å². The van der Waals surface area contributed by atoms with Gasteiger partial charge < -0.3 is 4.74 Å². The lowest BCUT2D eigenvalue weighted by molar-refractivity contribution is 0.481. The van der Waals surface area contributed by atoms with E-state index >= 15 is 0 Å². The average molecular weight is 360 g/mol. The van der Waals surface area contributed by atoms with Gasteiger partial charge in [0.25, 0.3) is 5.56 Å². The lowest BCUT2D eigenvalue weighted by Gasteiger charge is -2.20. The molecular weight excluding hydrogens is 349 g/mol. The molecule has 0 N–H and O–H groups in total. The van der Waals surface area contributed by atoms with Gasteiger partial charge in [-0.25, -0.2) is 0 Å². The van der Waals surface area contributed by atoms with E-state index in [-0.39, 0.29) is 5.56 Å². The van der Waals surface area contributed by atoms with Crippen LogP contribution in [0, 0.1) is 0 Å². The van der Waals surface area contributed by atoms with E-state index in [0.29, 0.717) is 33.8 Å². The topological polar surface area (TPSA) is 57.0 Å². The summed E-state index contributed by atoms with van der Waals surface area (Å²) in [6, 6.07) is 10.7. The van der Waals surface area contributed by atoms with Gasteiger partial charge in [-0.1, -0.05) is 29.3 Å². The van der Waals surface area contributed by atoms with E-state index in [1.54, 1.807) is 28.8 Å². The number of hydrogen-bond donors (Lipinski definition) is 0. The number of ether oxygens (including phenoxy) is 1. The first-order chi connectivity index (χ1) is 11.6. The van der Waals surface area contributed by atoms with Crippen molar-refractivity contribution in [2.45, 2.75) is 12.8 Å². The van der Waals surface area contributed by atoms with E-state index in [9.17, 15) is 4.79 Å². The second-order valence-electron chi connectivity index (χ2n) is 5.38. The molecule has 0 saturated heterocycles. The summed E-state index contributed by atoms with van der Waals surface area (Å²) in [5.74, 6) is 1.69. The Kier molecular flexibility index (Phi) is 3.75. The van der Waals surface area contributed by atoms with Crippen LogP contribution < -0.4 is 10.3 Å². The van der Waals surface area contributed by atoms with Crippen molar-refractivity contribution in [3.8, 4) is 17.2 Å². The number of benzene rings is 2. The Balaban J connectivity index is 1.76. The number of aryl methyl sites for hydroxylation is 2. The van der Waals surface area contributed by atoms with E-state index in [2.05, 4.69) is 10.2 Å². The maximum Gasteiger partial charge on any atom is 0.276 e. The Hall–Kier alpha value is -2.37. The third-order valence-corrected chi connectivity index (χ3v) is 4.46. The molecule has 3 aromatic rings. The van der Waals surface area contributed by atoms with Crippen molar-refractivity contribution < 1.29 is 4.74 Å². The van der Waals surface area contributed by atoms with Crippen molar-refractivity contribution in [2.75, 3.05) is 0 Å². The third kappa shape index (κ3) is 2.56. The first kappa shape index (κ1) is 15.2. The maximum atomic E-state index is 12.1. The standard InChI is InChI=1S/C17H11Cl2N3O2/c18-12-2-1-3-13(19)17(12)24-11-5-6-14-10(8-11)4-7-15-21-20-9-16(23)22(14)15/h1-3,5-6,8-9H,4,7H2. The molecule has 0 fully saturated rings. The first-order valence-electron chi connectivity index (χ1n) is 7.32. The number of para-hydroxylation sites is 1. The molecule has 1 aliphatic heterocycles. The molecule has 0 bridgehead atoms. The average Bonchev–Trinajstić information content (AvgIpc) is 2.58. The fourth-order valence-electron chi connectivity index (χ4n) is 2.78. The summed E-state index contributed by atoms with van der Waals surface area (Å²) in [7, 11) is 0. The van der Waals surface area contributed by atoms with Crippen LogP contribution in [0.3, 0.4) is 0 Å². The Morgan fingerprint density at radius 1 is 1.08 bits per heavy atom. The first-order valence-corrected chi connectivity index (χ1v) is 8.08. The molecule has 0 spiro atoms. The van der Waals surface area contributed by atoms with E-state index in [0.717, 1.165) is 17.7 Å². The molecular formula is C17H11Cl2N3O2. The number of aromatic nitrogens is 3. The smallest absolute Gasteiger partial charge is 0.276 e. The van der Waals surface area contributed by atoms with E-state index < -0.39 is 0 Å². The number of hydrogen-bond acceptors (Lipinski definition) is 4. The van der Waals surface area contributed by atoms with Crippen molar-refractivity contribution in [3.63, 3.8) is 0 Å². The van der Waals surface area contributed by atoms with Crippen LogP contribution in [-0.4, -0.2) is 14.8 Å². The third-order valence-electron chi connectivity index (χ3n) is 3.87. The van der Waals surface area contributed by atoms with E-state index in [1.165, 1.54) is 6.20 Å². The van der Waals surface area contributed by atoms with Gasteiger partial charge in [0.2, 0.25) is 0 Å². The second kappa shape index (κ2) is 5.92. The molecule has 7 heteroatoms. The lowest BCUT2D eigenvalue weighted by Crippen LogP contribution is -2.28. The minimum absolute atomic E-state index is 0.191. The van der Waals surface area contributed by atoms with Crippen molar-refractivity contribution >= 4 is 23.2 Å². The van der Waals surface area contributed by atoms with Crippen LogP contribution >= 0.6 is 23.2 Å². The normalized spacial score (nSPS) is 12.4. The highest BCUT2D eigenvalue weighted by molar-refractivity contribution is 6.37. The molecule has 120 valence electrons. The summed E-state index contributed by atoms with van der Waals surface area (Å²) in [4.78, 5) is 12.1. The zero-order valence-corrected chi connectivity index (χ0v) is 13.9. The summed E-state index contributed by atoms with van der Waals surface area (Å²) < 4.78 is 7.43. The minimum Gasteiger partial charge on any atom is -0.454 e. The van der Waals surface area contributed by atoms with Gasteiger partial charge in [0.1, 0.15) is 17.8 Å². The van der Waals surface area contributed by atoms with Crippen molar-refractivity contribution in [1.82, 2.24) is 14.8 Å². The van der Waals surface area contributed by atoms with Crippen LogP contribution in [-0.2, 0) is 12.8 Å². The molecule has 0 atom stereocenters. The van der Waals surface area contributed by atoms with Crippen LogP contribution in [0.1, 0.15) is 11.4 Å². The van der Waals surface area contributed by atoms with Crippen LogP contribution in [0.15, 0.2) is 47.4 Å². The van der Waals surface area contributed by atoms with Crippen LogP contribution in [0.5, 0.6) is 11.5 Å². The van der Waals surface area contributed by atoms with Gasteiger partial charge in [-0.15, -0.1) is 5.10 Å². The molecule has 1 aliphatic rings. The molecule has 0 aliphatic carbocycles. The van der Waals surface area contributed by atoms with Crippen molar-refractivity contribution in [2.24, 2.45) is 0 Å². The molecule has 4 rings (SSSR count). The monoisotopic (exact) mass is 359 g/mol. The molecule has 2 aromatic carbocycles. The molecule has 0 saturated carbocycles. The summed E-state index contributed by atoms with van der Waals surface area (Å²) in [5.41, 5.74) is 1.61. The molecule has 0 amide bonds. The van der Waals surface area contributed by atoms with Gasteiger partial charge in [0, 0.05) is 6.42 Å². The Morgan fingerprint density at radius 2 is 1.88 bits per heavy atom. The highest BCUT2D eigenvalue weighted by Gasteiger charge is 2.19. The van der Waals surface area contributed by atoms with E-state index in [4.69, 9.17) is 27.9 Å². The van der Waals surface area contributed by atoms with Gasteiger partial charge in [0.15, 0.2) is 5.75 Å². The van der Waals surface area contributed by atoms with E-state index in [1.807, 2.05) is 12.1 Å². The number of fused-ring (bicyclic) bond motifs is 3. The predicted molar refractivity (Wildman–Crippen MR) is 91.6 cm³/mol. The Bertz CT molecular complexity index is 981. The zero-order valence-electron chi connectivity index (χ0n) is 12.4. The largest absolute Gasteiger partial charge is 0.454 e. The molecule has 1 aromatic heterocycles. The van der Waals surface area contributed by atoms with Crippen LogP contribution in [0.4, 0.5) is 0 Å². The van der Waals surface area contributed by atoms with Crippen LogP contribution in [0.25, 0.3) is 5.69 Å². The quantitative estimate of drug-likeness (QED) is 0.697. The summed E-state index contributed by atoms with van der Waals surface area (Å²) in [6.07, 6.45) is 2.61. The number of rotatable bonds is 2. The van der Waals surface area contributed by atoms with Gasteiger partial charge >= 0.3 is 0 Å². The van der Waals surface area contributed by atoms with Gasteiger partial charge in [-0.05, 0) is 42.3 Å². The van der Waals surface area contributed by atoms with Crippen molar-refractivity contribution in [3.05, 3.63) is 74.4 Å². The zero-order chi connectivity index (χ0) is 16.7. The molecule has 0 radical (unpaired) electrons. The highest BCUT2D eigenvalue weighted by atomic mass is 35.5. The summed E-state index contributed by atoms with van der Waals surface area (Å²) >= 11 is 12.3. The van der Waals surface area contributed by atoms with Gasteiger partial charge in [0.05, 0.1) is 15.7 Å². The second-order valence-corrected chi connectivity index (χ2v) is 6.19. The minimum atomic E-state index is -0.191.